The van der Waals surface area contributed by atoms with Crippen molar-refractivity contribution in [2.45, 2.75) is 26.7 Å². The molecule has 0 saturated carbocycles. The number of aromatic nitrogens is 1. The van der Waals surface area contributed by atoms with Crippen molar-refractivity contribution in [1.29, 1.82) is 0 Å². The number of anilines is 1. The molecule has 0 fully saturated rings. The van der Waals surface area contributed by atoms with Crippen molar-refractivity contribution in [2.75, 3.05) is 12.3 Å². The molecule has 0 atom stereocenters. The topological polar surface area (TPSA) is 61.3 Å². The summed E-state index contributed by atoms with van der Waals surface area (Å²) in [6.07, 6.45) is 0. The number of nitrogens with zero attached hydrogens (tertiary/aromatic N) is 1. The van der Waals surface area contributed by atoms with Crippen LogP contribution in [0.15, 0.2) is 28.8 Å². The maximum absolute atomic E-state index is 5.63. The maximum atomic E-state index is 5.63. The molecule has 1 heterocycles. The highest BCUT2D eigenvalue weighted by Crippen LogP contribution is 2.31. The molecule has 0 aliphatic heterocycles. The van der Waals surface area contributed by atoms with Gasteiger partial charge in [-0.05, 0) is 36.6 Å². The molecule has 96 valence electrons. The Labute approximate surface area is 107 Å². The van der Waals surface area contributed by atoms with Crippen molar-refractivity contribution in [3.05, 3.63) is 29.8 Å². The first-order chi connectivity index (χ1) is 8.61. The number of rotatable bonds is 4. The van der Waals surface area contributed by atoms with Crippen molar-refractivity contribution in [1.82, 2.24) is 5.16 Å². The highest BCUT2D eigenvalue weighted by molar-refractivity contribution is 5.64. The molecule has 1 aromatic carbocycles. The molecule has 0 unspecified atom stereocenters. The third-order valence-electron chi connectivity index (χ3n) is 2.76. The van der Waals surface area contributed by atoms with E-state index in [1.165, 1.54) is 0 Å². The monoisotopic (exact) mass is 246 g/mol. The van der Waals surface area contributed by atoms with Crippen LogP contribution >= 0.6 is 0 Å². The van der Waals surface area contributed by atoms with Crippen LogP contribution in [0.2, 0.25) is 0 Å². The van der Waals surface area contributed by atoms with E-state index in [2.05, 4.69) is 25.1 Å². The first kappa shape index (κ1) is 12.5. The van der Waals surface area contributed by atoms with E-state index < -0.39 is 0 Å². The molecule has 4 heteroatoms. The SMILES string of the molecule is CCOc1ccc(-c2cc(N)on2)cc1C(C)C. The number of nitrogens with two attached hydrogens (primary N) is 1. The van der Waals surface area contributed by atoms with E-state index in [4.69, 9.17) is 15.0 Å². The van der Waals surface area contributed by atoms with Crippen LogP contribution in [0.3, 0.4) is 0 Å². The van der Waals surface area contributed by atoms with E-state index in [1.807, 2.05) is 19.1 Å². The molecule has 2 N–H and O–H groups in total. The summed E-state index contributed by atoms with van der Waals surface area (Å²) in [4.78, 5) is 0. The average molecular weight is 246 g/mol. The smallest absolute Gasteiger partial charge is 0.222 e. The van der Waals surface area contributed by atoms with Gasteiger partial charge in [0.15, 0.2) is 0 Å². The summed E-state index contributed by atoms with van der Waals surface area (Å²) in [5.41, 5.74) is 8.44. The van der Waals surface area contributed by atoms with Gasteiger partial charge >= 0.3 is 0 Å². The summed E-state index contributed by atoms with van der Waals surface area (Å²) < 4.78 is 10.5. The molecule has 0 aliphatic rings. The lowest BCUT2D eigenvalue weighted by atomic mass is 9.98. The second kappa shape index (κ2) is 5.12. The van der Waals surface area contributed by atoms with Crippen LogP contribution in [-0.2, 0) is 0 Å². The van der Waals surface area contributed by atoms with Crippen molar-refractivity contribution < 1.29 is 9.26 Å². The van der Waals surface area contributed by atoms with Crippen LogP contribution in [0.4, 0.5) is 5.88 Å². The molecule has 1 aromatic heterocycles. The Bertz CT molecular complexity index is 532. The maximum Gasteiger partial charge on any atom is 0.222 e. The minimum atomic E-state index is 0.324. The van der Waals surface area contributed by atoms with Crippen molar-refractivity contribution >= 4 is 5.88 Å². The summed E-state index contributed by atoms with van der Waals surface area (Å²) in [5.74, 6) is 1.63. The fourth-order valence-corrected chi connectivity index (χ4v) is 1.87. The van der Waals surface area contributed by atoms with E-state index in [0.717, 1.165) is 22.6 Å². The predicted octanol–water partition coefficient (Wildman–Crippen LogP) is 3.45. The predicted molar refractivity (Wildman–Crippen MR) is 71.6 cm³/mol. The minimum absolute atomic E-state index is 0.324. The highest BCUT2D eigenvalue weighted by Gasteiger charge is 2.11. The lowest BCUT2D eigenvalue weighted by Gasteiger charge is -2.14. The van der Waals surface area contributed by atoms with Gasteiger partial charge in [-0.15, -0.1) is 0 Å². The number of benzene rings is 1. The first-order valence-corrected chi connectivity index (χ1v) is 6.11. The van der Waals surface area contributed by atoms with E-state index in [9.17, 15) is 0 Å². The van der Waals surface area contributed by atoms with E-state index in [-0.39, 0.29) is 0 Å². The quantitative estimate of drug-likeness (QED) is 0.897. The summed E-state index contributed by atoms with van der Waals surface area (Å²) >= 11 is 0. The summed E-state index contributed by atoms with van der Waals surface area (Å²) in [7, 11) is 0. The molecular formula is C14H18N2O2. The van der Waals surface area contributed by atoms with Gasteiger partial charge in [0.25, 0.3) is 0 Å². The zero-order valence-corrected chi connectivity index (χ0v) is 10.9. The molecule has 4 nitrogen and oxygen atoms in total. The number of nitrogen functional groups attached to an aromatic ring is 1. The summed E-state index contributed by atoms with van der Waals surface area (Å²) in [5, 5.41) is 3.92. The molecule has 0 bridgehead atoms. The third kappa shape index (κ3) is 2.47. The fraction of sp³-hybridized carbons (Fsp3) is 0.357. The Morgan fingerprint density at radius 3 is 2.67 bits per heavy atom. The molecular weight excluding hydrogens is 228 g/mol. The molecule has 2 aromatic rings. The molecule has 0 saturated heterocycles. The van der Waals surface area contributed by atoms with Crippen LogP contribution in [-0.4, -0.2) is 11.8 Å². The Balaban J connectivity index is 2.42. The largest absolute Gasteiger partial charge is 0.494 e. The Morgan fingerprint density at radius 1 is 1.33 bits per heavy atom. The van der Waals surface area contributed by atoms with Crippen LogP contribution < -0.4 is 10.5 Å². The zero-order chi connectivity index (χ0) is 13.1. The van der Waals surface area contributed by atoms with E-state index in [0.29, 0.717) is 18.4 Å². The van der Waals surface area contributed by atoms with Crippen LogP contribution in [0, 0.1) is 0 Å². The van der Waals surface area contributed by atoms with Gasteiger partial charge in [-0.1, -0.05) is 19.0 Å². The molecule has 0 spiro atoms. The van der Waals surface area contributed by atoms with Crippen molar-refractivity contribution in [2.24, 2.45) is 0 Å². The normalized spacial score (nSPS) is 10.9. The van der Waals surface area contributed by atoms with Gasteiger partial charge in [0.2, 0.25) is 5.88 Å². The van der Waals surface area contributed by atoms with Crippen LogP contribution in [0.5, 0.6) is 5.75 Å². The van der Waals surface area contributed by atoms with Gasteiger partial charge in [-0.3, -0.25) is 0 Å². The van der Waals surface area contributed by atoms with Gasteiger partial charge in [0, 0.05) is 11.6 Å². The van der Waals surface area contributed by atoms with Crippen LogP contribution in [0.25, 0.3) is 11.3 Å². The summed E-state index contributed by atoms with van der Waals surface area (Å²) in [6.45, 7) is 6.92. The highest BCUT2D eigenvalue weighted by atomic mass is 16.5. The number of ether oxygens (including phenoxy) is 1. The second-order valence-electron chi connectivity index (χ2n) is 4.45. The van der Waals surface area contributed by atoms with E-state index in [1.54, 1.807) is 6.07 Å². The van der Waals surface area contributed by atoms with E-state index >= 15 is 0 Å². The van der Waals surface area contributed by atoms with Gasteiger partial charge in [-0.2, -0.15) is 0 Å². The van der Waals surface area contributed by atoms with Crippen molar-refractivity contribution in [3.8, 4) is 17.0 Å². The Morgan fingerprint density at radius 2 is 2.11 bits per heavy atom. The number of hydrogen-bond donors (Lipinski definition) is 1. The Hall–Kier alpha value is -1.97. The number of hydrogen-bond acceptors (Lipinski definition) is 4. The second-order valence-corrected chi connectivity index (χ2v) is 4.45. The van der Waals surface area contributed by atoms with Crippen molar-refractivity contribution in [3.63, 3.8) is 0 Å². The van der Waals surface area contributed by atoms with Crippen LogP contribution in [0.1, 0.15) is 32.3 Å². The fourth-order valence-electron chi connectivity index (χ4n) is 1.87. The summed E-state index contributed by atoms with van der Waals surface area (Å²) in [6, 6.07) is 7.74. The lowest BCUT2D eigenvalue weighted by molar-refractivity contribution is 0.335. The molecule has 18 heavy (non-hydrogen) atoms. The van der Waals surface area contributed by atoms with Gasteiger partial charge in [0.1, 0.15) is 11.4 Å². The first-order valence-electron chi connectivity index (χ1n) is 6.11. The molecule has 0 aliphatic carbocycles. The van der Waals surface area contributed by atoms with Gasteiger partial charge in [-0.25, -0.2) is 0 Å². The van der Waals surface area contributed by atoms with Gasteiger partial charge in [0.05, 0.1) is 6.61 Å². The minimum Gasteiger partial charge on any atom is -0.494 e. The molecule has 0 amide bonds. The van der Waals surface area contributed by atoms with Gasteiger partial charge < -0.3 is 15.0 Å². The average Bonchev–Trinajstić information content (AvgIpc) is 2.76. The lowest BCUT2D eigenvalue weighted by Crippen LogP contribution is -1.98. The molecule has 2 rings (SSSR count). The molecule has 0 radical (unpaired) electrons. The standard InChI is InChI=1S/C14H18N2O2/c1-4-17-13-6-5-10(7-11(13)9(2)3)12-8-14(15)18-16-12/h5-9H,4,15H2,1-3H3. The zero-order valence-electron chi connectivity index (χ0n) is 10.9. The third-order valence-corrected chi connectivity index (χ3v) is 2.76. The Kier molecular flexibility index (Phi) is 3.55.